The summed E-state index contributed by atoms with van der Waals surface area (Å²) in [6.07, 6.45) is 1.18. The van der Waals surface area contributed by atoms with E-state index in [0.29, 0.717) is 13.0 Å². The van der Waals surface area contributed by atoms with Gasteiger partial charge >= 0.3 is 0 Å². The van der Waals surface area contributed by atoms with Crippen LogP contribution >= 0.6 is 15.9 Å². The Hall–Kier alpha value is -1.36. The van der Waals surface area contributed by atoms with Crippen molar-refractivity contribution in [3.8, 4) is 0 Å². The summed E-state index contributed by atoms with van der Waals surface area (Å²) >= 11 is 3.37. The molecule has 0 bridgehead atoms. The van der Waals surface area contributed by atoms with Gasteiger partial charge in [0.2, 0.25) is 11.8 Å². The molecule has 0 aromatic heterocycles. The van der Waals surface area contributed by atoms with Gasteiger partial charge in [0.25, 0.3) is 0 Å². The van der Waals surface area contributed by atoms with E-state index in [0.717, 1.165) is 16.6 Å². The predicted octanol–water partition coefficient (Wildman–Crippen LogP) is 2.72. The maximum atomic E-state index is 12.1. The molecule has 1 saturated heterocycles. The average Bonchev–Trinajstić information content (AvgIpc) is 2.81. The van der Waals surface area contributed by atoms with E-state index < -0.39 is 0 Å². The molecule has 1 aromatic carbocycles. The maximum Gasteiger partial charge on any atom is 0.227 e. The van der Waals surface area contributed by atoms with Gasteiger partial charge in [0.15, 0.2) is 0 Å². The standard InChI is InChI=1S/C15H19BrN2O2/c1-3-10(2)17-15(20)11-8-14(19)18(9-11)13-6-4-12(16)5-7-13/h4-7,10-11H,3,8-9H2,1-2H3,(H,17,20)/t10-,11-/m0/s1. The van der Waals surface area contributed by atoms with Crippen LogP contribution in [0.15, 0.2) is 28.7 Å². The third-order valence-corrected chi connectivity index (χ3v) is 4.16. The van der Waals surface area contributed by atoms with E-state index in [1.807, 2.05) is 38.1 Å². The first kappa shape index (κ1) is 15.0. The highest BCUT2D eigenvalue weighted by molar-refractivity contribution is 9.10. The second-order valence-corrected chi connectivity index (χ2v) is 6.12. The van der Waals surface area contributed by atoms with Gasteiger partial charge in [-0.3, -0.25) is 9.59 Å². The zero-order chi connectivity index (χ0) is 14.7. The van der Waals surface area contributed by atoms with Crippen LogP contribution in [0.2, 0.25) is 0 Å². The quantitative estimate of drug-likeness (QED) is 0.917. The summed E-state index contributed by atoms with van der Waals surface area (Å²) in [5.74, 6) is -0.260. The number of halogens is 1. The molecule has 1 aliphatic heterocycles. The van der Waals surface area contributed by atoms with Gasteiger partial charge in [-0.15, -0.1) is 0 Å². The SMILES string of the molecule is CC[C@H](C)NC(=O)[C@H]1CC(=O)N(c2ccc(Br)cc2)C1. The predicted molar refractivity (Wildman–Crippen MR) is 82.5 cm³/mol. The molecule has 4 nitrogen and oxygen atoms in total. The fraction of sp³-hybridized carbons (Fsp3) is 0.467. The van der Waals surface area contributed by atoms with Crippen molar-refractivity contribution in [3.63, 3.8) is 0 Å². The van der Waals surface area contributed by atoms with Gasteiger partial charge in [0.1, 0.15) is 0 Å². The summed E-state index contributed by atoms with van der Waals surface area (Å²) in [6, 6.07) is 7.72. The van der Waals surface area contributed by atoms with Gasteiger partial charge in [0.05, 0.1) is 5.92 Å². The lowest BCUT2D eigenvalue weighted by atomic mass is 10.1. The second kappa shape index (κ2) is 6.39. The highest BCUT2D eigenvalue weighted by atomic mass is 79.9. The lowest BCUT2D eigenvalue weighted by Gasteiger charge is -2.18. The molecule has 0 spiro atoms. The number of carbonyl (C=O) groups excluding carboxylic acids is 2. The minimum absolute atomic E-state index is 0.0108. The molecule has 0 saturated carbocycles. The normalized spacial score (nSPS) is 20.1. The summed E-state index contributed by atoms with van der Waals surface area (Å²) in [7, 11) is 0. The smallest absolute Gasteiger partial charge is 0.227 e. The van der Waals surface area contributed by atoms with Crippen molar-refractivity contribution >= 4 is 33.4 Å². The molecular weight excluding hydrogens is 320 g/mol. The van der Waals surface area contributed by atoms with Crippen LogP contribution in [0.3, 0.4) is 0 Å². The van der Waals surface area contributed by atoms with Gasteiger partial charge < -0.3 is 10.2 Å². The van der Waals surface area contributed by atoms with E-state index in [-0.39, 0.29) is 23.8 Å². The van der Waals surface area contributed by atoms with Gasteiger partial charge in [0, 0.05) is 29.2 Å². The van der Waals surface area contributed by atoms with Crippen molar-refractivity contribution in [1.82, 2.24) is 5.32 Å². The Balaban J connectivity index is 2.03. The lowest BCUT2D eigenvalue weighted by Crippen LogP contribution is -2.38. The van der Waals surface area contributed by atoms with Crippen molar-refractivity contribution in [2.45, 2.75) is 32.7 Å². The molecule has 1 fully saturated rings. The molecule has 2 rings (SSSR count). The fourth-order valence-electron chi connectivity index (χ4n) is 2.22. The van der Waals surface area contributed by atoms with E-state index in [1.54, 1.807) is 4.90 Å². The van der Waals surface area contributed by atoms with Crippen LogP contribution in [-0.4, -0.2) is 24.4 Å². The summed E-state index contributed by atoms with van der Waals surface area (Å²) in [5.41, 5.74) is 0.844. The second-order valence-electron chi connectivity index (χ2n) is 5.20. The first-order valence-corrected chi connectivity index (χ1v) is 7.67. The molecule has 5 heteroatoms. The molecule has 2 atom stereocenters. The van der Waals surface area contributed by atoms with Crippen LogP contribution in [0, 0.1) is 5.92 Å². The summed E-state index contributed by atoms with van der Waals surface area (Å²) in [6.45, 7) is 4.46. The maximum absolute atomic E-state index is 12.1. The van der Waals surface area contributed by atoms with Crippen molar-refractivity contribution in [2.24, 2.45) is 5.92 Å². The van der Waals surface area contributed by atoms with Crippen molar-refractivity contribution < 1.29 is 9.59 Å². The molecule has 1 N–H and O–H groups in total. The lowest BCUT2D eigenvalue weighted by molar-refractivity contribution is -0.126. The molecule has 1 aliphatic rings. The van der Waals surface area contributed by atoms with Crippen LogP contribution < -0.4 is 10.2 Å². The number of benzene rings is 1. The fourth-order valence-corrected chi connectivity index (χ4v) is 2.48. The van der Waals surface area contributed by atoms with Crippen LogP contribution in [0.4, 0.5) is 5.69 Å². The Kier molecular flexibility index (Phi) is 4.81. The number of nitrogens with one attached hydrogen (secondary N) is 1. The minimum Gasteiger partial charge on any atom is -0.353 e. The molecular formula is C15H19BrN2O2. The molecule has 0 aliphatic carbocycles. The van der Waals surface area contributed by atoms with Crippen LogP contribution in [0.5, 0.6) is 0 Å². The zero-order valence-corrected chi connectivity index (χ0v) is 13.3. The largest absolute Gasteiger partial charge is 0.353 e. The third kappa shape index (κ3) is 3.39. The molecule has 1 heterocycles. The number of hydrogen-bond acceptors (Lipinski definition) is 2. The molecule has 0 radical (unpaired) electrons. The van der Waals surface area contributed by atoms with Crippen LogP contribution in [0.25, 0.3) is 0 Å². The van der Waals surface area contributed by atoms with E-state index in [9.17, 15) is 9.59 Å². The molecule has 1 aromatic rings. The van der Waals surface area contributed by atoms with Gasteiger partial charge in [-0.2, -0.15) is 0 Å². The van der Waals surface area contributed by atoms with Crippen molar-refractivity contribution in [1.29, 1.82) is 0 Å². The summed E-state index contributed by atoms with van der Waals surface area (Å²) in [5, 5.41) is 2.95. The first-order valence-electron chi connectivity index (χ1n) is 6.87. The summed E-state index contributed by atoms with van der Waals surface area (Å²) in [4.78, 5) is 25.8. The number of hydrogen-bond donors (Lipinski definition) is 1. The third-order valence-electron chi connectivity index (χ3n) is 3.64. The number of anilines is 1. The summed E-state index contributed by atoms with van der Waals surface area (Å²) < 4.78 is 0.971. The van der Waals surface area contributed by atoms with Crippen molar-refractivity contribution in [3.05, 3.63) is 28.7 Å². The van der Waals surface area contributed by atoms with E-state index in [1.165, 1.54) is 0 Å². The topological polar surface area (TPSA) is 49.4 Å². The molecule has 20 heavy (non-hydrogen) atoms. The number of amides is 2. The van der Waals surface area contributed by atoms with Crippen molar-refractivity contribution in [2.75, 3.05) is 11.4 Å². The Morgan fingerprint density at radius 2 is 2.10 bits per heavy atom. The Morgan fingerprint density at radius 3 is 2.70 bits per heavy atom. The zero-order valence-electron chi connectivity index (χ0n) is 11.7. The molecule has 2 amide bonds. The van der Waals surface area contributed by atoms with Gasteiger partial charge in [-0.05, 0) is 37.6 Å². The van der Waals surface area contributed by atoms with Gasteiger partial charge in [-0.25, -0.2) is 0 Å². The number of rotatable bonds is 4. The van der Waals surface area contributed by atoms with Gasteiger partial charge in [-0.1, -0.05) is 22.9 Å². The first-order chi connectivity index (χ1) is 9.51. The number of carbonyl (C=O) groups is 2. The average molecular weight is 339 g/mol. The minimum atomic E-state index is -0.250. The Morgan fingerprint density at radius 1 is 1.45 bits per heavy atom. The highest BCUT2D eigenvalue weighted by Gasteiger charge is 2.35. The van der Waals surface area contributed by atoms with Crippen LogP contribution in [0.1, 0.15) is 26.7 Å². The molecule has 0 unspecified atom stereocenters. The highest BCUT2D eigenvalue weighted by Crippen LogP contribution is 2.26. The van der Waals surface area contributed by atoms with E-state index >= 15 is 0 Å². The van der Waals surface area contributed by atoms with Crippen LogP contribution in [-0.2, 0) is 9.59 Å². The number of nitrogens with zero attached hydrogens (tertiary/aromatic N) is 1. The molecule has 108 valence electrons. The Bertz CT molecular complexity index is 501. The Labute approximate surface area is 127 Å². The monoisotopic (exact) mass is 338 g/mol. The van der Waals surface area contributed by atoms with E-state index in [2.05, 4.69) is 21.2 Å². The van der Waals surface area contributed by atoms with E-state index in [4.69, 9.17) is 0 Å².